The fourth-order valence-corrected chi connectivity index (χ4v) is 4.21. The first kappa shape index (κ1) is 23.1. The number of hydrogen-bond acceptors (Lipinski definition) is 6. The van der Waals surface area contributed by atoms with Gasteiger partial charge in [-0.15, -0.1) is 11.3 Å². The molecule has 172 valence electrons. The molecule has 0 radical (unpaired) electrons. The summed E-state index contributed by atoms with van der Waals surface area (Å²) in [5.74, 6) is -1.56. The Kier molecular flexibility index (Phi) is 6.98. The van der Waals surface area contributed by atoms with Gasteiger partial charge in [-0.25, -0.2) is 9.78 Å². The van der Waals surface area contributed by atoms with Gasteiger partial charge in [-0.2, -0.15) is 0 Å². The number of fused-ring (bicyclic) bond motifs is 1. The summed E-state index contributed by atoms with van der Waals surface area (Å²) in [6.45, 7) is 3.06. The van der Waals surface area contributed by atoms with E-state index in [0.717, 1.165) is 21.7 Å². The van der Waals surface area contributed by atoms with Crippen LogP contribution in [0.5, 0.6) is 0 Å². The number of amides is 2. The van der Waals surface area contributed by atoms with Crippen LogP contribution in [0.3, 0.4) is 0 Å². The Bertz CT molecular complexity index is 1350. The highest BCUT2D eigenvalue weighted by Gasteiger charge is 2.17. The zero-order valence-corrected chi connectivity index (χ0v) is 19.6. The summed E-state index contributed by atoms with van der Waals surface area (Å²) in [7, 11) is 0. The first-order valence-corrected chi connectivity index (χ1v) is 11.5. The summed E-state index contributed by atoms with van der Waals surface area (Å²) in [6, 6.07) is 18.5. The largest absolute Gasteiger partial charge is 0.452 e. The van der Waals surface area contributed by atoms with E-state index in [1.54, 1.807) is 12.1 Å². The molecule has 8 heteroatoms. The van der Waals surface area contributed by atoms with Crippen LogP contribution < -0.4 is 10.6 Å². The van der Waals surface area contributed by atoms with E-state index < -0.39 is 18.5 Å². The molecule has 0 unspecified atom stereocenters. The van der Waals surface area contributed by atoms with E-state index in [9.17, 15) is 14.4 Å². The van der Waals surface area contributed by atoms with Gasteiger partial charge in [0.05, 0.1) is 28.2 Å². The molecule has 0 saturated heterocycles. The Balaban J connectivity index is 1.38. The molecule has 0 saturated carbocycles. The van der Waals surface area contributed by atoms with Crippen molar-refractivity contribution in [2.45, 2.75) is 13.8 Å². The minimum absolute atomic E-state index is 0.231. The minimum atomic E-state index is -0.633. The Hall–Kier alpha value is -4.04. The summed E-state index contributed by atoms with van der Waals surface area (Å²) in [5.41, 5.74) is 4.23. The molecule has 34 heavy (non-hydrogen) atoms. The zero-order chi connectivity index (χ0) is 24.1. The van der Waals surface area contributed by atoms with Gasteiger partial charge < -0.3 is 15.4 Å². The molecule has 0 aliphatic carbocycles. The van der Waals surface area contributed by atoms with Gasteiger partial charge in [-0.3, -0.25) is 9.59 Å². The van der Waals surface area contributed by atoms with Gasteiger partial charge in [0.1, 0.15) is 0 Å². The topological polar surface area (TPSA) is 97.4 Å². The lowest BCUT2D eigenvalue weighted by atomic mass is 10.1. The molecule has 0 aliphatic rings. The van der Waals surface area contributed by atoms with Crippen LogP contribution in [-0.2, 0) is 14.3 Å². The van der Waals surface area contributed by atoms with Gasteiger partial charge in [0, 0.05) is 11.1 Å². The van der Waals surface area contributed by atoms with Gasteiger partial charge in [0.25, 0.3) is 5.91 Å². The summed E-state index contributed by atoms with van der Waals surface area (Å²) in [5, 5.41) is 7.85. The van der Waals surface area contributed by atoms with Crippen molar-refractivity contribution in [3.63, 3.8) is 0 Å². The lowest BCUT2D eigenvalue weighted by Gasteiger charge is -2.12. The van der Waals surface area contributed by atoms with Gasteiger partial charge >= 0.3 is 5.97 Å². The number of aromatic nitrogens is 1. The lowest BCUT2D eigenvalue weighted by molar-refractivity contribution is -0.126. The molecule has 7 nitrogen and oxygen atoms in total. The summed E-state index contributed by atoms with van der Waals surface area (Å²) in [6.07, 6.45) is 0. The maximum Gasteiger partial charge on any atom is 0.339 e. The van der Waals surface area contributed by atoms with Crippen LogP contribution in [0.25, 0.3) is 21.5 Å². The second-order valence-corrected chi connectivity index (χ2v) is 8.67. The second kappa shape index (κ2) is 10.3. The smallest absolute Gasteiger partial charge is 0.339 e. The number of pyridine rings is 1. The van der Waals surface area contributed by atoms with Crippen LogP contribution in [0.2, 0.25) is 0 Å². The van der Waals surface area contributed by atoms with Crippen molar-refractivity contribution in [1.82, 2.24) is 10.3 Å². The molecule has 2 N–H and O–H groups in total. The number of nitrogens with zero attached hydrogens (tertiary/aromatic N) is 1. The van der Waals surface area contributed by atoms with Gasteiger partial charge in [-0.1, -0.05) is 42.5 Å². The predicted molar refractivity (Wildman–Crippen MR) is 133 cm³/mol. The highest BCUT2D eigenvalue weighted by Crippen LogP contribution is 2.28. The summed E-state index contributed by atoms with van der Waals surface area (Å²) < 4.78 is 5.25. The standard InChI is InChI=1S/C26H23N3O4S/c1-16-7-5-8-17(2)25(16)29-23(30)14-27-24(31)15-33-26(32)19-13-21(22-11-6-12-34-22)28-20-10-4-3-9-18(19)20/h3-13H,14-15H2,1-2H3,(H,27,31)(H,29,30). The average Bonchev–Trinajstić information content (AvgIpc) is 3.38. The van der Waals surface area contributed by atoms with Crippen LogP contribution >= 0.6 is 11.3 Å². The SMILES string of the molecule is Cc1cccc(C)c1NC(=O)CNC(=O)COC(=O)c1cc(-c2cccs2)nc2ccccc12. The van der Waals surface area contributed by atoms with Crippen molar-refractivity contribution in [3.05, 3.63) is 82.7 Å². The fourth-order valence-electron chi connectivity index (χ4n) is 3.53. The third-order valence-corrected chi connectivity index (χ3v) is 6.13. The number of ether oxygens (including phenoxy) is 1. The number of esters is 1. The van der Waals surface area contributed by atoms with Crippen LogP contribution in [0.15, 0.2) is 66.0 Å². The predicted octanol–water partition coefficient (Wildman–Crippen LogP) is 4.49. The van der Waals surface area contributed by atoms with Gasteiger partial charge in [0.2, 0.25) is 5.91 Å². The molecule has 0 bridgehead atoms. The monoisotopic (exact) mass is 473 g/mol. The summed E-state index contributed by atoms with van der Waals surface area (Å²) in [4.78, 5) is 42.8. The van der Waals surface area contributed by atoms with E-state index in [0.29, 0.717) is 22.2 Å². The van der Waals surface area contributed by atoms with E-state index >= 15 is 0 Å². The third-order valence-electron chi connectivity index (χ3n) is 5.24. The second-order valence-electron chi connectivity index (χ2n) is 7.72. The van der Waals surface area contributed by atoms with E-state index in [4.69, 9.17) is 4.74 Å². The molecule has 2 heterocycles. The van der Waals surface area contributed by atoms with E-state index in [1.165, 1.54) is 11.3 Å². The van der Waals surface area contributed by atoms with Crippen molar-refractivity contribution in [1.29, 1.82) is 0 Å². The zero-order valence-electron chi connectivity index (χ0n) is 18.8. The highest BCUT2D eigenvalue weighted by molar-refractivity contribution is 7.13. The van der Waals surface area contributed by atoms with Crippen LogP contribution in [0, 0.1) is 13.8 Å². The Morgan fingerprint density at radius 1 is 0.941 bits per heavy atom. The van der Waals surface area contributed by atoms with Crippen molar-refractivity contribution >= 4 is 45.7 Å². The lowest BCUT2D eigenvalue weighted by Crippen LogP contribution is -2.35. The molecule has 0 aliphatic heterocycles. The highest BCUT2D eigenvalue weighted by atomic mass is 32.1. The number of rotatable bonds is 7. The average molecular weight is 474 g/mol. The third kappa shape index (κ3) is 5.29. The van der Waals surface area contributed by atoms with Gasteiger partial charge in [0.15, 0.2) is 6.61 Å². The van der Waals surface area contributed by atoms with Crippen LogP contribution in [0.4, 0.5) is 5.69 Å². The number of para-hydroxylation sites is 2. The number of nitrogens with one attached hydrogen (secondary N) is 2. The van der Waals surface area contributed by atoms with Gasteiger partial charge in [-0.05, 0) is 48.6 Å². The van der Waals surface area contributed by atoms with Crippen molar-refractivity contribution in [2.75, 3.05) is 18.5 Å². The Morgan fingerprint density at radius 3 is 2.44 bits per heavy atom. The quantitative estimate of drug-likeness (QED) is 0.386. The number of benzene rings is 2. The van der Waals surface area contributed by atoms with Crippen LogP contribution in [0.1, 0.15) is 21.5 Å². The number of hydrogen-bond donors (Lipinski definition) is 2. The number of aryl methyl sites for hydroxylation is 2. The minimum Gasteiger partial charge on any atom is -0.452 e. The Morgan fingerprint density at radius 2 is 1.71 bits per heavy atom. The van der Waals surface area contributed by atoms with E-state index in [2.05, 4.69) is 15.6 Å². The molecule has 4 aromatic rings. The fraction of sp³-hybridized carbons (Fsp3) is 0.154. The molecule has 4 rings (SSSR count). The molecule has 0 atom stereocenters. The summed E-state index contributed by atoms with van der Waals surface area (Å²) >= 11 is 1.52. The Labute approximate surface area is 200 Å². The maximum absolute atomic E-state index is 12.8. The van der Waals surface area contributed by atoms with E-state index in [-0.39, 0.29) is 12.5 Å². The number of carbonyl (C=O) groups is 3. The molecule has 2 aromatic carbocycles. The molecule has 0 fully saturated rings. The number of carbonyl (C=O) groups excluding carboxylic acids is 3. The van der Waals surface area contributed by atoms with Crippen LogP contribution in [-0.4, -0.2) is 35.9 Å². The first-order valence-electron chi connectivity index (χ1n) is 10.7. The number of anilines is 1. The maximum atomic E-state index is 12.8. The molecular weight excluding hydrogens is 450 g/mol. The molecule has 0 spiro atoms. The van der Waals surface area contributed by atoms with Crippen molar-refractivity contribution < 1.29 is 19.1 Å². The molecular formula is C26H23N3O4S. The molecule has 2 amide bonds. The molecule has 2 aromatic heterocycles. The van der Waals surface area contributed by atoms with Crippen molar-refractivity contribution in [2.24, 2.45) is 0 Å². The first-order chi connectivity index (χ1) is 16.4. The van der Waals surface area contributed by atoms with E-state index in [1.807, 2.05) is 67.8 Å². The normalized spacial score (nSPS) is 10.6. The van der Waals surface area contributed by atoms with Crippen molar-refractivity contribution in [3.8, 4) is 10.6 Å². The number of thiophene rings is 1.